The summed E-state index contributed by atoms with van der Waals surface area (Å²) in [6, 6.07) is 16.1. The Hall–Kier alpha value is -2.28. The largest absolute Gasteiger partial charge is 0.455 e. The highest BCUT2D eigenvalue weighted by atomic mass is 79.9. The first kappa shape index (κ1) is 19.5. The van der Waals surface area contributed by atoms with E-state index in [1.54, 1.807) is 30.3 Å². The molecule has 0 atom stereocenters. The number of benzene rings is 2. The number of nitrogens with zero attached hydrogens (tertiary/aromatic N) is 1. The second-order valence-corrected chi connectivity index (χ2v) is 7.24. The number of furan rings is 1. The Morgan fingerprint density at radius 1 is 1.11 bits per heavy atom. The molecule has 0 unspecified atom stereocenters. The minimum atomic E-state index is -0.279. The Labute approximate surface area is 174 Å². The zero-order chi connectivity index (χ0) is 19.2. The van der Waals surface area contributed by atoms with Gasteiger partial charge in [0.05, 0.1) is 17.8 Å². The number of hydrogen-bond acceptors (Lipinski definition) is 4. The van der Waals surface area contributed by atoms with E-state index in [4.69, 9.17) is 27.6 Å². The van der Waals surface area contributed by atoms with Crippen LogP contribution in [0.2, 0.25) is 10.0 Å². The van der Waals surface area contributed by atoms with E-state index >= 15 is 0 Å². The molecule has 0 fully saturated rings. The SMILES string of the molecule is O=C(CNc1ccc(Br)cc1)N/N=C\c1ccc(-c2cc(Cl)ccc2Cl)o1. The third-order valence-electron chi connectivity index (χ3n) is 3.50. The van der Waals surface area contributed by atoms with Crippen molar-refractivity contribution in [2.45, 2.75) is 0 Å². The molecule has 1 heterocycles. The van der Waals surface area contributed by atoms with E-state index in [1.807, 2.05) is 24.3 Å². The number of hydrogen-bond donors (Lipinski definition) is 2. The normalized spacial score (nSPS) is 10.9. The van der Waals surface area contributed by atoms with E-state index < -0.39 is 0 Å². The maximum Gasteiger partial charge on any atom is 0.259 e. The Morgan fingerprint density at radius 3 is 2.67 bits per heavy atom. The standard InChI is InChI=1S/C19H14BrCl2N3O2/c20-12-1-4-14(5-2-12)23-11-19(26)25-24-10-15-6-8-18(27-15)16-9-13(21)3-7-17(16)22/h1-10,23H,11H2,(H,25,26)/b24-10-. The van der Waals surface area contributed by atoms with Gasteiger partial charge < -0.3 is 9.73 Å². The van der Waals surface area contributed by atoms with Crippen LogP contribution in [0, 0.1) is 0 Å². The van der Waals surface area contributed by atoms with Gasteiger partial charge in [-0.05, 0) is 54.6 Å². The summed E-state index contributed by atoms with van der Waals surface area (Å²) in [5.41, 5.74) is 3.96. The molecule has 0 aliphatic heterocycles. The first-order chi connectivity index (χ1) is 13.0. The summed E-state index contributed by atoms with van der Waals surface area (Å²) >= 11 is 15.5. The van der Waals surface area contributed by atoms with Crippen molar-refractivity contribution < 1.29 is 9.21 Å². The molecular formula is C19H14BrCl2N3O2. The highest BCUT2D eigenvalue weighted by molar-refractivity contribution is 9.10. The van der Waals surface area contributed by atoms with Crippen molar-refractivity contribution >= 4 is 56.9 Å². The highest BCUT2D eigenvalue weighted by Crippen LogP contribution is 2.31. The molecule has 8 heteroatoms. The van der Waals surface area contributed by atoms with Crippen molar-refractivity contribution in [2.75, 3.05) is 11.9 Å². The summed E-state index contributed by atoms with van der Waals surface area (Å²) in [5.74, 6) is 0.758. The van der Waals surface area contributed by atoms with Crippen molar-refractivity contribution in [1.82, 2.24) is 5.43 Å². The third-order valence-corrected chi connectivity index (χ3v) is 4.59. The minimum absolute atomic E-state index is 0.0977. The van der Waals surface area contributed by atoms with Crippen LogP contribution in [0.1, 0.15) is 5.76 Å². The first-order valence-corrected chi connectivity index (χ1v) is 9.43. The summed E-state index contributed by atoms with van der Waals surface area (Å²) in [4.78, 5) is 11.8. The molecule has 0 aliphatic carbocycles. The monoisotopic (exact) mass is 465 g/mol. The summed E-state index contributed by atoms with van der Waals surface area (Å²) in [6.45, 7) is 0.0977. The third kappa shape index (κ3) is 5.60. The fourth-order valence-corrected chi connectivity index (χ4v) is 2.86. The molecule has 0 spiro atoms. The molecular weight excluding hydrogens is 453 g/mol. The number of anilines is 1. The van der Waals surface area contributed by atoms with E-state index in [-0.39, 0.29) is 12.5 Å². The smallest absolute Gasteiger partial charge is 0.259 e. The van der Waals surface area contributed by atoms with Crippen LogP contribution in [0.25, 0.3) is 11.3 Å². The maximum atomic E-state index is 11.8. The highest BCUT2D eigenvalue weighted by Gasteiger charge is 2.09. The van der Waals surface area contributed by atoms with E-state index in [1.165, 1.54) is 6.21 Å². The number of amides is 1. The van der Waals surface area contributed by atoms with Gasteiger partial charge in [0.2, 0.25) is 0 Å². The van der Waals surface area contributed by atoms with Gasteiger partial charge in [-0.25, -0.2) is 5.43 Å². The fraction of sp³-hybridized carbons (Fsp3) is 0.0526. The Kier molecular flexibility index (Phi) is 6.55. The van der Waals surface area contributed by atoms with Gasteiger partial charge in [-0.1, -0.05) is 39.1 Å². The number of hydrazone groups is 1. The summed E-state index contributed by atoms with van der Waals surface area (Å²) in [7, 11) is 0. The van der Waals surface area contributed by atoms with E-state index in [0.29, 0.717) is 27.1 Å². The summed E-state index contributed by atoms with van der Waals surface area (Å²) in [6.07, 6.45) is 1.42. The lowest BCUT2D eigenvalue weighted by molar-refractivity contribution is -0.119. The van der Waals surface area contributed by atoms with Gasteiger partial charge in [0.25, 0.3) is 5.91 Å². The number of halogens is 3. The van der Waals surface area contributed by atoms with Crippen LogP contribution in [-0.4, -0.2) is 18.7 Å². The molecule has 3 aromatic rings. The van der Waals surface area contributed by atoms with Crippen LogP contribution in [0.3, 0.4) is 0 Å². The number of nitrogens with one attached hydrogen (secondary N) is 2. The van der Waals surface area contributed by atoms with Crippen molar-refractivity contribution in [3.05, 3.63) is 74.9 Å². The Balaban J connectivity index is 1.54. The van der Waals surface area contributed by atoms with Crippen LogP contribution < -0.4 is 10.7 Å². The fourth-order valence-electron chi connectivity index (χ4n) is 2.21. The molecule has 5 nitrogen and oxygen atoms in total. The van der Waals surface area contributed by atoms with Crippen LogP contribution in [0.15, 0.2) is 68.6 Å². The molecule has 0 bridgehead atoms. The molecule has 0 saturated carbocycles. The zero-order valence-corrected chi connectivity index (χ0v) is 17.0. The van der Waals surface area contributed by atoms with Crippen molar-refractivity contribution in [3.63, 3.8) is 0 Å². The van der Waals surface area contributed by atoms with Crippen molar-refractivity contribution in [3.8, 4) is 11.3 Å². The van der Waals surface area contributed by atoms with E-state index in [0.717, 1.165) is 10.2 Å². The lowest BCUT2D eigenvalue weighted by Gasteiger charge is -2.04. The minimum Gasteiger partial charge on any atom is -0.455 e. The second-order valence-electron chi connectivity index (χ2n) is 5.48. The molecule has 1 aromatic heterocycles. The molecule has 3 rings (SSSR count). The second kappa shape index (κ2) is 9.08. The van der Waals surface area contributed by atoms with Crippen LogP contribution in [-0.2, 0) is 4.79 Å². The van der Waals surface area contributed by atoms with Crippen LogP contribution in [0.5, 0.6) is 0 Å². The summed E-state index contributed by atoms with van der Waals surface area (Å²) < 4.78 is 6.64. The molecule has 138 valence electrons. The first-order valence-electron chi connectivity index (χ1n) is 7.88. The van der Waals surface area contributed by atoms with E-state index in [9.17, 15) is 4.79 Å². The van der Waals surface area contributed by atoms with Gasteiger partial charge in [-0.3, -0.25) is 4.79 Å². The van der Waals surface area contributed by atoms with Gasteiger partial charge >= 0.3 is 0 Å². The lowest BCUT2D eigenvalue weighted by Crippen LogP contribution is -2.25. The zero-order valence-electron chi connectivity index (χ0n) is 13.9. The lowest BCUT2D eigenvalue weighted by atomic mass is 10.2. The number of carbonyl (C=O) groups is 1. The Bertz CT molecular complexity index is 971. The van der Waals surface area contributed by atoms with Gasteiger partial charge in [0.15, 0.2) is 0 Å². The predicted molar refractivity (Wildman–Crippen MR) is 113 cm³/mol. The molecule has 0 radical (unpaired) electrons. The van der Waals surface area contributed by atoms with Crippen molar-refractivity contribution in [1.29, 1.82) is 0 Å². The Morgan fingerprint density at radius 2 is 1.89 bits per heavy atom. The topological polar surface area (TPSA) is 66.6 Å². The van der Waals surface area contributed by atoms with Crippen LogP contribution in [0.4, 0.5) is 5.69 Å². The quantitative estimate of drug-likeness (QED) is 0.368. The van der Waals surface area contributed by atoms with Gasteiger partial charge in [-0.2, -0.15) is 5.10 Å². The predicted octanol–water partition coefficient (Wildman–Crippen LogP) is 5.58. The molecule has 0 aliphatic rings. The molecule has 27 heavy (non-hydrogen) atoms. The summed E-state index contributed by atoms with van der Waals surface area (Å²) in [5, 5.41) is 7.98. The van der Waals surface area contributed by atoms with Crippen molar-refractivity contribution in [2.24, 2.45) is 5.10 Å². The average Bonchev–Trinajstić information content (AvgIpc) is 3.12. The number of rotatable bonds is 6. The van der Waals surface area contributed by atoms with E-state index in [2.05, 4.69) is 31.8 Å². The average molecular weight is 467 g/mol. The van der Waals surface area contributed by atoms with Gasteiger partial charge in [-0.15, -0.1) is 0 Å². The molecule has 2 N–H and O–H groups in total. The van der Waals surface area contributed by atoms with Gasteiger partial charge in [0.1, 0.15) is 11.5 Å². The molecule has 1 amide bonds. The molecule has 2 aromatic carbocycles. The number of carbonyl (C=O) groups excluding carboxylic acids is 1. The maximum absolute atomic E-state index is 11.8. The van der Waals surface area contributed by atoms with Crippen LogP contribution >= 0.6 is 39.1 Å². The van der Waals surface area contributed by atoms with Gasteiger partial charge in [0, 0.05) is 20.7 Å². The molecule has 0 saturated heterocycles.